The molecule has 2 rings (SSSR count). The predicted octanol–water partition coefficient (Wildman–Crippen LogP) is 0.488. The van der Waals surface area contributed by atoms with E-state index in [1.165, 1.54) is 0 Å². The normalized spacial score (nSPS) is 13.1. The first-order chi connectivity index (χ1) is 6.72. The molecule has 5 nitrogen and oxygen atoms in total. The first kappa shape index (κ1) is 10.3. The van der Waals surface area contributed by atoms with E-state index in [4.69, 9.17) is 11.6 Å². The first-order valence-corrected chi connectivity index (χ1v) is 4.20. The Morgan fingerprint density at radius 3 is 2.07 bits per heavy atom. The summed E-state index contributed by atoms with van der Waals surface area (Å²) >= 11 is 0. The monoisotopic (exact) mass is 195 g/mol. The van der Waals surface area contributed by atoms with Gasteiger partial charge in [-0.25, -0.2) is 0 Å². The second-order valence-electron chi connectivity index (χ2n) is 2.74. The summed E-state index contributed by atoms with van der Waals surface area (Å²) in [6.45, 7) is 0.638. The summed E-state index contributed by atoms with van der Waals surface area (Å²) in [6, 6.07) is 7.20. The van der Waals surface area contributed by atoms with Crippen molar-refractivity contribution in [3.05, 3.63) is 24.3 Å². The number of carbonyl (C=O) groups excluding carboxylic acids is 1. The molecule has 0 aromatic heterocycles. The number of hydrazine groups is 1. The van der Waals surface area contributed by atoms with Gasteiger partial charge in [0.1, 0.15) is 6.61 Å². The van der Waals surface area contributed by atoms with Crippen LogP contribution in [0.2, 0.25) is 0 Å². The molecule has 0 bridgehead atoms. The average molecular weight is 195 g/mol. The van der Waals surface area contributed by atoms with Gasteiger partial charge in [0.05, 0.1) is 6.42 Å². The van der Waals surface area contributed by atoms with E-state index in [0.29, 0.717) is 13.0 Å². The van der Waals surface area contributed by atoms with E-state index < -0.39 is 0 Å². The lowest BCUT2D eigenvalue weighted by molar-refractivity contribution is -0.157. The van der Waals surface area contributed by atoms with Crippen molar-refractivity contribution >= 4 is 17.3 Å². The number of anilines is 2. The van der Waals surface area contributed by atoms with Gasteiger partial charge in [0, 0.05) is 11.4 Å². The number of ether oxygens (including phenoxy) is 1. The molecule has 0 radical (unpaired) electrons. The zero-order chi connectivity index (χ0) is 10.4. The highest BCUT2D eigenvalue weighted by Crippen LogP contribution is 2.07. The molecule has 1 aromatic carbocycles. The van der Waals surface area contributed by atoms with Crippen LogP contribution in [0, 0.1) is 0 Å². The van der Waals surface area contributed by atoms with E-state index in [-0.39, 0.29) is 5.97 Å². The van der Waals surface area contributed by atoms with Crippen molar-refractivity contribution in [2.24, 2.45) is 5.84 Å². The minimum absolute atomic E-state index is 0.0648. The maximum atomic E-state index is 9.68. The Balaban J connectivity index is 0.000000165. The van der Waals surface area contributed by atoms with Crippen molar-refractivity contribution < 1.29 is 9.53 Å². The predicted molar refractivity (Wildman–Crippen MR) is 54.2 cm³/mol. The van der Waals surface area contributed by atoms with Gasteiger partial charge in [-0.15, -0.1) is 0 Å². The van der Waals surface area contributed by atoms with E-state index in [1.807, 2.05) is 12.1 Å². The quantitative estimate of drug-likeness (QED) is 0.262. The Hall–Kier alpha value is -1.75. The Morgan fingerprint density at radius 1 is 1.29 bits per heavy atom. The molecule has 1 aliphatic rings. The van der Waals surface area contributed by atoms with Gasteiger partial charge in [-0.2, -0.15) is 0 Å². The first-order valence-electron chi connectivity index (χ1n) is 4.20. The summed E-state index contributed by atoms with van der Waals surface area (Å²) in [7, 11) is 0. The summed E-state index contributed by atoms with van der Waals surface area (Å²) in [4.78, 5) is 9.68. The third-order valence-electron chi connectivity index (χ3n) is 1.65. The fourth-order valence-electron chi connectivity index (χ4n) is 0.765. The SMILES string of the molecule is NNc1ccc(N)cc1.O=C1CCO1. The Labute approximate surface area is 82.0 Å². The standard InChI is InChI=1S/C6H9N3.C3H4O2/c7-5-1-3-6(9-8)4-2-5;4-3-1-2-5-3/h1-4,9H,7-8H2;1-2H2. The van der Waals surface area contributed by atoms with Crippen molar-refractivity contribution in [1.29, 1.82) is 0 Å². The number of nitrogens with one attached hydrogen (secondary N) is 1. The number of nitrogen functional groups attached to an aromatic ring is 2. The molecule has 0 saturated carbocycles. The summed E-state index contributed by atoms with van der Waals surface area (Å²) in [5, 5.41) is 0. The molecule has 0 unspecified atom stereocenters. The molecule has 0 atom stereocenters. The van der Waals surface area contributed by atoms with Crippen molar-refractivity contribution in [2.75, 3.05) is 17.8 Å². The lowest BCUT2D eigenvalue weighted by atomic mass is 10.3. The van der Waals surface area contributed by atoms with Crippen LogP contribution in [-0.2, 0) is 9.53 Å². The smallest absolute Gasteiger partial charge is 0.309 e. The van der Waals surface area contributed by atoms with Crippen LogP contribution in [0.3, 0.4) is 0 Å². The van der Waals surface area contributed by atoms with Crippen LogP contribution < -0.4 is 17.0 Å². The second-order valence-corrected chi connectivity index (χ2v) is 2.74. The Kier molecular flexibility index (Phi) is 3.75. The number of benzene rings is 1. The molecule has 0 aliphatic carbocycles. The van der Waals surface area contributed by atoms with Crippen LogP contribution in [0.15, 0.2) is 24.3 Å². The highest BCUT2D eigenvalue weighted by molar-refractivity contribution is 5.73. The van der Waals surface area contributed by atoms with Crippen molar-refractivity contribution in [3.63, 3.8) is 0 Å². The van der Waals surface area contributed by atoms with Crippen LogP contribution in [0.25, 0.3) is 0 Å². The zero-order valence-electron chi connectivity index (χ0n) is 7.69. The number of esters is 1. The fraction of sp³-hybridized carbons (Fsp3) is 0.222. The molecule has 1 fully saturated rings. The third-order valence-corrected chi connectivity index (χ3v) is 1.65. The summed E-state index contributed by atoms with van der Waals surface area (Å²) in [5.41, 5.74) is 9.52. The van der Waals surface area contributed by atoms with E-state index in [2.05, 4.69) is 10.2 Å². The molecule has 1 aliphatic heterocycles. The van der Waals surface area contributed by atoms with Crippen molar-refractivity contribution in [2.45, 2.75) is 6.42 Å². The van der Waals surface area contributed by atoms with Gasteiger partial charge < -0.3 is 15.9 Å². The molecule has 5 N–H and O–H groups in total. The van der Waals surface area contributed by atoms with Crippen molar-refractivity contribution in [3.8, 4) is 0 Å². The Bertz CT molecular complexity index is 291. The number of carbonyl (C=O) groups is 1. The van der Waals surface area contributed by atoms with Crippen molar-refractivity contribution in [1.82, 2.24) is 0 Å². The second kappa shape index (κ2) is 5.08. The average Bonchev–Trinajstić information content (AvgIpc) is 2.17. The minimum Gasteiger partial charge on any atom is -0.465 e. The molecular formula is C9H13N3O2. The summed E-state index contributed by atoms with van der Waals surface area (Å²) in [5.74, 6) is 5.04. The molecule has 0 spiro atoms. The number of hydrogen-bond acceptors (Lipinski definition) is 5. The number of cyclic esters (lactones) is 1. The molecule has 1 aromatic rings. The van der Waals surface area contributed by atoms with Gasteiger partial charge >= 0.3 is 5.97 Å². The van der Waals surface area contributed by atoms with E-state index in [9.17, 15) is 4.79 Å². The number of nitrogens with two attached hydrogens (primary N) is 2. The van der Waals surface area contributed by atoms with Crippen LogP contribution in [-0.4, -0.2) is 12.6 Å². The molecule has 76 valence electrons. The highest BCUT2D eigenvalue weighted by Gasteiger charge is 2.10. The van der Waals surface area contributed by atoms with Crippen LogP contribution in [0.5, 0.6) is 0 Å². The topological polar surface area (TPSA) is 90.4 Å². The molecule has 0 amide bonds. The van der Waals surface area contributed by atoms with E-state index >= 15 is 0 Å². The number of hydrogen-bond donors (Lipinski definition) is 3. The lowest BCUT2D eigenvalue weighted by Gasteiger charge is -2.09. The minimum atomic E-state index is -0.0648. The van der Waals surface area contributed by atoms with Gasteiger partial charge in [-0.05, 0) is 24.3 Å². The van der Waals surface area contributed by atoms with Gasteiger partial charge in [0.15, 0.2) is 0 Å². The van der Waals surface area contributed by atoms with Crippen LogP contribution >= 0.6 is 0 Å². The van der Waals surface area contributed by atoms with E-state index in [1.54, 1.807) is 12.1 Å². The molecular weight excluding hydrogens is 182 g/mol. The van der Waals surface area contributed by atoms with Gasteiger partial charge in [0.25, 0.3) is 0 Å². The molecule has 14 heavy (non-hydrogen) atoms. The summed E-state index contributed by atoms with van der Waals surface area (Å²) in [6.07, 6.45) is 0.625. The largest absolute Gasteiger partial charge is 0.465 e. The van der Waals surface area contributed by atoms with E-state index in [0.717, 1.165) is 11.4 Å². The van der Waals surface area contributed by atoms with Crippen LogP contribution in [0.4, 0.5) is 11.4 Å². The maximum Gasteiger partial charge on any atom is 0.309 e. The maximum absolute atomic E-state index is 9.68. The zero-order valence-corrected chi connectivity index (χ0v) is 7.69. The lowest BCUT2D eigenvalue weighted by Crippen LogP contribution is -2.18. The highest BCUT2D eigenvalue weighted by atomic mass is 16.6. The van der Waals surface area contributed by atoms with Gasteiger partial charge in [-0.1, -0.05) is 0 Å². The summed E-state index contributed by atoms with van der Waals surface area (Å²) < 4.78 is 4.29. The third kappa shape index (κ3) is 3.32. The molecule has 1 saturated heterocycles. The Morgan fingerprint density at radius 2 is 1.79 bits per heavy atom. The fourth-order valence-corrected chi connectivity index (χ4v) is 0.765. The van der Waals surface area contributed by atoms with Crippen LogP contribution in [0.1, 0.15) is 6.42 Å². The molecule has 5 heteroatoms. The number of rotatable bonds is 1. The van der Waals surface area contributed by atoms with Gasteiger partial charge in [-0.3, -0.25) is 10.6 Å². The molecule has 1 heterocycles. The van der Waals surface area contributed by atoms with Gasteiger partial charge in [0.2, 0.25) is 0 Å².